The van der Waals surface area contributed by atoms with Gasteiger partial charge in [-0.2, -0.15) is 0 Å². The number of anilines is 4. The molecule has 3 N–H and O–H groups in total. The largest absolute Gasteiger partial charge is 0.440 e. The van der Waals surface area contributed by atoms with E-state index in [0.717, 1.165) is 72.8 Å². The van der Waals surface area contributed by atoms with Crippen molar-refractivity contribution >= 4 is 28.7 Å². The molecule has 208 valence electrons. The van der Waals surface area contributed by atoms with E-state index in [2.05, 4.69) is 76.7 Å². The van der Waals surface area contributed by atoms with E-state index < -0.39 is 5.60 Å². The summed E-state index contributed by atoms with van der Waals surface area (Å²) in [6.07, 6.45) is 11.3. The summed E-state index contributed by atoms with van der Waals surface area (Å²) in [5, 5.41) is 3.59. The summed E-state index contributed by atoms with van der Waals surface area (Å²) >= 11 is 0. The highest BCUT2D eigenvalue weighted by atomic mass is 16.6. The van der Waals surface area contributed by atoms with Crippen LogP contribution < -0.4 is 20.9 Å². The lowest BCUT2D eigenvalue weighted by atomic mass is 9.78. The number of carbonyl (C=O) groups excluding carboxylic acids is 1. The van der Waals surface area contributed by atoms with Gasteiger partial charge in [-0.05, 0) is 62.4 Å². The Bertz CT molecular complexity index is 1400. The first-order chi connectivity index (χ1) is 19.6. The normalized spacial score (nSPS) is 20.4. The molecule has 0 aliphatic carbocycles. The molecular formula is C34H40N4O2. The third-order valence-corrected chi connectivity index (χ3v) is 8.54. The van der Waals surface area contributed by atoms with E-state index in [1.165, 1.54) is 25.7 Å². The number of unbranched alkanes of at least 4 members (excludes halogenated alkanes) is 1. The molecule has 1 atom stereocenters. The number of benzene rings is 3. The van der Waals surface area contributed by atoms with E-state index in [4.69, 9.17) is 10.5 Å². The lowest BCUT2D eigenvalue weighted by Crippen LogP contribution is -2.32. The summed E-state index contributed by atoms with van der Waals surface area (Å²) in [6, 6.07) is 20.6. The fourth-order valence-electron chi connectivity index (χ4n) is 6.50. The molecule has 6 rings (SSSR count). The Kier molecular flexibility index (Phi) is 7.42. The highest BCUT2D eigenvalue weighted by Crippen LogP contribution is 2.52. The van der Waals surface area contributed by atoms with Gasteiger partial charge < -0.3 is 25.6 Å². The van der Waals surface area contributed by atoms with Crippen molar-refractivity contribution in [1.82, 2.24) is 0 Å². The zero-order valence-corrected chi connectivity index (χ0v) is 23.5. The molecule has 0 bridgehead atoms. The molecule has 0 spiro atoms. The molecule has 0 radical (unpaired) electrons. The minimum Gasteiger partial charge on any atom is -0.440 e. The quantitative estimate of drug-likeness (QED) is 0.180. The number of hydrogen-bond acceptors (Lipinski definition) is 6. The van der Waals surface area contributed by atoms with Crippen LogP contribution in [0.4, 0.5) is 22.7 Å². The zero-order valence-electron chi connectivity index (χ0n) is 23.5. The predicted molar refractivity (Wildman–Crippen MR) is 164 cm³/mol. The van der Waals surface area contributed by atoms with Crippen molar-refractivity contribution in [2.75, 3.05) is 53.6 Å². The maximum atomic E-state index is 13.7. The summed E-state index contributed by atoms with van der Waals surface area (Å²) in [5.74, 6) is -0.309. The molecule has 40 heavy (non-hydrogen) atoms. The Hall–Kier alpha value is -3.93. The molecule has 0 amide bonds. The molecule has 3 aliphatic rings. The summed E-state index contributed by atoms with van der Waals surface area (Å²) in [5.41, 5.74) is 12.6. The number of nitrogens with one attached hydrogen (secondary N) is 1. The molecule has 2 saturated heterocycles. The standard InChI is InChI=1S/C34H40N4O2/c1-2-3-4-7-18-36-32-13-6-5-12-30(32)34(29-17-15-26(24-31(29)35)38-21-10-11-22-38)28-16-14-25(37-19-8-9-20-37)23-27(28)33(39)40-34/h4-7,12-17,23-24,36H,2-3,8-11,18-22,35H2,1H3. The molecule has 6 nitrogen and oxygen atoms in total. The Morgan fingerprint density at radius 1 is 0.850 bits per heavy atom. The topological polar surface area (TPSA) is 70.8 Å². The SMILES string of the molecule is CCCC=CCNc1ccccc1C1(c2ccc(N3CCCC3)cc2N)OC(=O)c2cc(N3CCCC3)ccc21. The number of rotatable bonds is 9. The summed E-state index contributed by atoms with van der Waals surface area (Å²) in [7, 11) is 0. The van der Waals surface area contributed by atoms with Crippen molar-refractivity contribution in [1.29, 1.82) is 0 Å². The van der Waals surface area contributed by atoms with E-state index in [9.17, 15) is 4.79 Å². The van der Waals surface area contributed by atoms with Gasteiger partial charge in [0.25, 0.3) is 0 Å². The molecule has 3 aliphatic heterocycles. The number of esters is 1. The van der Waals surface area contributed by atoms with Crippen LogP contribution in [0.5, 0.6) is 0 Å². The smallest absolute Gasteiger partial charge is 0.340 e. The van der Waals surface area contributed by atoms with Crippen molar-refractivity contribution in [3.63, 3.8) is 0 Å². The van der Waals surface area contributed by atoms with E-state index in [0.29, 0.717) is 17.8 Å². The first-order valence-corrected chi connectivity index (χ1v) is 14.9. The molecule has 1 unspecified atom stereocenters. The second-order valence-electron chi connectivity index (χ2n) is 11.1. The number of cyclic esters (lactones) is 1. The first-order valence-electron chi connectivity index (χ1n) is 14.9. The van der Waals surface area contributed by atoms with Crippen LogP contribution >= 0.6 is 0 Å². The van der Waals surface area contributed by atoms with E-state index >= 15 is 0 Å². The number of ether oxygens (including phenoxy) is 1. The lowest BCUT2D eigenvalue weighted by Gasteiger charge is -2.33. The maximum absolute atomic E-state index is 13.7. The number of carbonyl (C=O) groups is 1. The summed E-state index contributed by atoms with van der Waals surface area (Å²) in [6.45, 7) is 6.98. The van der Waals surface area contributed by atoms with Gasteiger partial charge in [-0.1, -0.05) is 55.8 Å². The second-order valence-corrected chi connectivity index (χ2v) is 11.1. The number of para-hydroxylation sites is 1. The minimum atomic E-state index is -1.15. The Balaban J connectivity index is 1.48. The summed E-state index contributed by atoms with van der Waals surface area (Å²) < 4.78 is 6.53. The van der Waals surface area contributed by atoms with Gasteiger partial charge in [0.1, 0.15) is 0 Å². The minimum absolute atomic E-state index is 0.309. The third kappa shape index (κ3) is 4.70. The molecule has 0 aromatic heterocycles. The number of allylic oxidation sites excluding steroid dienone is 1. The number of nitrogens with two attached hydrogens (primary N) is 1. The summed E-state index contributed by atoms with van der Waals surface area (Å²) in [4.78, 5) is 18.4. The van der Waals surface area contributed by atoms with Crippen molar-refractivity contribution in [3.8, 4) is 0 Å². The highest BCUT2D eigenvalue weighted by molar-refractivity contribution is 5.98. The van der Waals surface area contributed by atoms with Crippen LogP contribution in [-0.4, -0.2) is 38.7 Å². The van der Waals surface area contributed by atoms with Gasteiger partial charge in [0.15, 0.2) is 5.60 Å². The molecule has 6 heteroatoms. The molecular weight excluding hydrogens is 496 g/mol. The first kappa shape index (κ1) is 26.3. The van der Waals surface area contributed by atoms with Crippen LogP contribution in [0.15, 0.2) is 72.8 Å². The van der Waals surface area contributed by atoms with Crippen LogP contribution in [-0.2, 0) is 10.3 Å². The number of nitrogen functional groups attached to an aromatic ring is 1. The van der Waals surface area contributed by atoms with Gasteiger partial charge >= 0.3 is 5.97 Å². The van der Waals surface area contributed by atoms with E-state index in [-0.39, 0.29) is 5.97 Å². The van der Waals surface area contributed by atoms with Gasteiger partial charge in [0, 0.05) is 72.2 Å². The van der Waals surface area contributed by atoms with Gasteiger partial charge in [0.2, 0.25) is 0 Å². The molecule has 2 fully saturated rings. The van der Waals surface area contributed by atoms with E-state index in [1.807, 2.05) is 18.2 Å². The molecule has 3 aromatic carbocycles. The van der Waals surface area contributed by atoms with Gasteiger partial charge in [0.05, 0.1) is 5.56 Å². The molecule has 0 saturated carbocycles. The Labute approximate surface area is 237 Å². The fraction of sp³-hybridized carbons (Fsp3) is 0.382. The predicted octanol–water partition coefficient (Wildman–Crippen LogP) is 6.70. The maximum Gasteiger partial charge on any atom is 0.340 e. The Morgan fingerprint density at radius 2 is 1.50 bits per heavy atom. The van der Waals surface area contributed by atoms with Crippen LogP contribution in [0.3, 0.4) is 0 Å². The van der Waals surface area contributed by atoms with Crippen molar-refractivity contribution in [2.24, 2.45) is 0 Å². The van der Waals surface area contributed by atoms with Gasteiger partial charge in [-0.15, -0.1) is 0 Å². The van der Waals surface area contributed by atoms with Crippen molar-refractivity contribution in [3.05, 3.63) is 95.1 Å². The molecule has 3 heterocycles. The van der Waals surface area contributed by atoms with Crippen molar-refractivity contribution < 1.29 is 9.53 Å². The monoisotopic (exact) mass is 536 g/mol. The Morgan fingerprint density at radius 3 is 2.17 bits per heavy atom. The average Bonchev–Trinajstić information content (AvgIpc) is 3.75. The van der Waals surface area contributed by atoms with Gasteiger partial charge in [-0.3, -0.25) is 0 Å². The zero-order chi connectivity index (χ0) is 27.5. The number of fused-ring (bicyclic) bond motifs is 1. The second kappa shape index (κ2) is 11.3. The lowest BCUT2D eigenvalue weighted by molar-refractivity contribution is 0.0256. The third-order valence-electron chi connectivity index (χ3n) is 8.54. The van der Waals surface area contributed by atoms with Crippen LogP contribution in [0, 0.1) is 0 Å². The number of nitrogens with zero attached hydrogens (tertiary/aromatic N) is 2. The van der Waals surface area contributed by atoms with Crippen LogP contribution in [0.25, 0.3) is 0 Å². The van der Waals surface area contributed by atoms with Crippen LogP contribution in [0.2, 0.25) is 0 Å². The fourth-order valence-corrected chi connectivity index (χ4v) is 6.50. The number of hydrogen-bond donors (Lipinski definition) is 2. The molecule has 3 aromatic rings. The average molecular weight is 537 g/mol. The highest BCUT2D eigenvalue weighted by Gasteiger charge is 2.51. The van der Waals surface area contributed by atoms with E-state index in [1.54, 1.807) is 0 Å². The van der Waals surface area contributed by atoms with Crippen LogP contribution in [0.1, 0.15) is 72.5 Å². The van der Waals surface area contributed by atoms with Crippen molar-refractivity contribution in [2.45, 2.75) is 51.0 Å². The van der Waals surface area contributed by atoms with Gasteiger partial charge in [-0.25, -0.2) is 4.79 Å².